The maximum absolute atomic E-state index is 12.3. The smallest absolute Gasteiger partial charge is 0.274 e. The normalized spacial score (nSPS) is 17.1. The molecule has 0 unspecified atom stereocenters. The van der Waals surface area contributed by atoms with Gasteiger partial charge in [-0.25, -0.2) is 4.68 Å². The molecule has 3 heterocycles. The van der Waals surface area contributed by atoms with Crippen LogP contribution in [0.2, 0.25) is 0 Å². The zero-order valence-electron chi connectivity index (χ0n) is 10.2. The van der Waals surface area contributed by atoms with Gasteiger partial charge in [0.1, 0.15) is 0 Å². The molecule has 0 bridgehead atoms. The Morgan fingerprint density at radius 2 is 2.17 bits per heavy atom. The molecule has 2 aromatic heterocycles. The Bertz CT molecular complexity index is 601. The van der Waals surface area contributed by atoms with Gasteiger partial charge in [0.25, 0.3) is 5.56 Å². The van der Waals surface area contributed by atoms with Crippen molar-refractivity contribution in [2.45, 2.75) is 19.4 Å². The first-order chi connectivity index (χ1) is 8.84. The van der Waals surface area contributed by atoms with Gasteiger partial charge in [0, 0.05) is 24.3 Å². The fraction of sp³-hybridized carbons (Fsp3) is 0.462. The second-order valence-electron chi connectivity index (χ2n) is 4.79. The van der Waals surface area contributed by atoms with Gasteiger partial charge in [-0.1, -0.05) is 0 Å². The quantitative estimate of drug-likeness (QED) is 0.848. The van der Waals surface area contributed by atoms with Crippen LogP contribution in [0.3, 0.4) is 0 Å². The summed E-state index contributed by atoms with van der Waals surface area (Å²) in [5.74, 6) is 0.552. The molecular weight excluding hydrogens is 228 g/mol. The second kappa shape index (κ2) is 4.86. The molecule has 0 aliphatic carbocycles. The average Bonchev–Trinajstić information content (AvgIpc) is 2.43. The molecule has 0 saturated carbocycles. The van der Waals surface area contributed by atoms with E-state index in [9.17, 15) is 4.79 Å². The van der Waals surface area contributed by atoms with Crippen LogP contribution in [0.5, 0.6) is 0 Å². The minimum atomic E-state index is -0.00608. The van der Waals surface area contributed by atoms with E-state index in [0.29, 0.717) is 11.3 Å². The van der Waals surface area contributed by atoms with Crippen molar-refractivity contribution in [3.8, 4) is 0 Å². The summed E-state index contributed by atoms with van der Waals surface area (Å²) in [5.41, 5.74) is -0.00608. The van der Waals surface area contributed by atoms with Crippen LogP contribution in [0.25, 0.3) is 10.8 Å². The molecule has 3 rings (SSSR count). The molecule has 0 spiro atoms. The number of nitrogens with one attached hydrogen (secondary N) is 1. The molecule has 1 N–H and O–H groups in total. The first-order valence-corrected chi connectivity index (χ1v) is 6.35. The van der Waals surface area contributed by atoms with Crippen LogP contribution in [-0.2, 0) is 6.54 Å². The van der Waals surface area contributed by atoms with E-state index < -0.39 is 0 Å². The minimum absolute atomic E-state index is 0.00608. The molecule has 18 heavy (non-hydrogen) atoms. The van der Waals surface area contributed by atoms with Crippen molar-refractivity contribution in [3.63, 3.8) is 0 Å². The summed E-state index contributed by atoms with van der Waals surface area (Å²) in [6.07, 6.45) is 7.28. The van der Waals surface area contributed by atoms with Crippen LogP contribution in [0.1, 0.15) is 12.8 Å². The van der Waals surface area contributed by atoms with E-state index in [1.807, 2.05) is 0 Å². The predicted octanol–water partition coefficient (Wildman–Crippen LogP) is 0.791. The molecule has 5 heteroatoms. The number of rotatable bonds is 2. The molecule has 5 nitrogen and oxygen atoms in total. The van der Waals surface area contributed by atoms with E-state index >= 15 is 0 Å². The highest BCUT2D eigenvalue weighted by molar-refractivity contribution is 5.79. The minimum Gasteiger partial charge on any atom is -0.317 e. The number of pyridine rings is 1. The van der Waals surface area contributed by atoms with E-state index in [1.54, 1.807) is 29.3 Å². The van der Waals surface area contributed by atoms with E-state index in [2.05, 4.69) is 15.4 Å². The van der Waals surface area contributed by atoms with Gasteiger partial charge < -0.3 is 5.32 Å². The summed E-state index contributed by atoms with van der Waals surface area (Å²) in [6.45, 7) is 2.80. The zero-order chi connectivity index (χ0) is 12.4. The third kappa shape index (κ3) is 2.13. The number of piperidine rings is 1. The summed E-state index contributed by atoms with van der Waals surface area (Å²) in [6, 6.07) is 1.76. The number of hydrogen-bond donors (Lipinski definition) is 1. The second-order valence-corrected chi connectivity index (χ2v) is 4.79. The summed E-state index contributed by atoms with van der Waals surface area (Å²) in [7, 11) is 0. The van der Waals surface area contributed by atoms with Crippen molar-refractivity contribution in [2.75, 3.05) is 13.1 Å². The molecule has 1 saturated heterocycles. The van der Waals surface area contributed by atoms with Gasteiger partial charge in [-0.15, -0.1) is 0 Å². The molecule has 1 fully saturated rings. The highest BCUT2D eigenvalue weighted by Crippen LogP contribution is 2.13. The lowest BCUT2D eigenvalue weighted by Gasteiger charge is -2.22. The van der Waals surface area contributed by atoms with Crippen LogP contribution >= 0.6 is 0 Å². The molecule has 0 amide bonds. The largest absolute Gasteiger partial charge is 0.317 e. The highest BCUT2D eigenvalue weighted by atomic mass is 16.1. The molecule has 0 atom stereocenters. The predicted molar refractivity (Wildman–Crippen MR) is 69.4 cm³/mol. The zero-order valence-corrected chi connectivity index (χ0v) is 10.2. The van der Waals surface area contributed by atoms with Crippen molar-refractivity contribution in [3.05, 3.63) is 35.0 Å². The van der Waals surface area contributed by atoms with Gasteiger partial charge in [0.2, 0.25) is 0 Å². The first-order valence-electron chi connectivity index (χ1n) is 6.35. The van der Waals surface area contributed by atoms with Crippen molar-refractivity contribution in [1.29, 1.82) is 0 Å². The third-order valence-electron chi connectivity index (χ3n) is 3.54. The molecular formula is C13H16N4O. The van der Waals surface area contributed by atoms with Gasteiger partial charge in [0.15, 0.2) is 0 Å². The fourth-order valence-electron chi connectivity index (χ4n) is 2.47. The molecule has 1 aliphatic rings. The maximum Gasteiger partial charge on any atom is 0.274 e. The summed E-state index contributed by atoms with van der Waals surface area (Å²) in [5, 5.41) is 9.08. The Kier molecular flexibility index (Phi) is 3.06. The monoisotopic (exact) mass is 244 g/mol. The lowest BCUT2D eigenvalue weighted by atomic mass is 9.98. The van der Waals surface area contributed by atoms with Crippen molar-refractivity contribution < 1.29 is 0 Å². The van der Waals surface area contributed by atoms with Crippen LogP contribution in [-0.4, -0.2) is 27.9 Å². The Morgan fingerprint density at radius 3 is 3.00 bits per heavy atom. The van der Waals surface area contributed by atoms with Gasteiger partial charge in [-0.3, -0.25) is 9.78 Å². The summed E-state index contributed by atoms with van der Waals surface area (Å²) < 4.78 is 1.60. The van der Waals surface area contributed by atoms with Crippen LogP contribution in [0.4, 0.5) is 0 Å². The Hall–Kier alpha value is -1.75. The van der Waals surface area contributed by atoms with Gasteiger partial charge in [0.05, 0.1) is 11.6 Å². The van der Waals surface area contributed by atoms with E-state index in [-0.39, 0.29) is 5.56 Å². The van der Waals surface area contributed by atoms with Gasteiger partial charge in [-0.2, -0.15) is 5.10 Å². The molecule has 0 aromatic carbocycles. The average molecular weight is 244 g/mol. The molecule has 2 aromatic rings. The van der Waals surface area contributed by atoms with Crippen molar-refractivity contribution >= 4 is 10.8 Å². The summed E-state index contributed by atoms with van der Waals surface area (Å²) in [4.78, 5) is 16.3. The lowest BCUT2D eigenvalue weighted by molar-refractivity contribution is 0.316. The topological polar surface area (TPSA) is 59.8 Å². The Morgan fingerprint density at radius 1 is 1.33 bits per heavy atom. The number of nitrogens with zero attached hydrogens (tertiary/aromatic N) is 3. The van der Waals surface area contributed by atoms with E-state index in [0.717, 1.165) is 37.9 Å². The van der Waals surface area contributed by atoms with E-state index in [4.69, 9.17) is 0 Å². The summed E-state index contributed by atoms with van der Waals surface area (Å²) >= 11 is 0. The van der Waals surface area contributed by atoms with Crippen LogP contribution in [0, 0.1) is 5.92 Å². The van der Waals surface area contributed by atoms with Crippen LogP contribution < -0.4 is 10.9 Å². The maximum atomic E-state index is 12.3. The Labute approximate surface area is 105 Å². The first kappa shape index (κ1) is 11.3. The molecule has 94 valence electrons. The number of aromatic nitrogens is 3. The SMILES string of the molecule is O=c1c2ccncc2cnn1CC1CCNCC1. The lowest BCUT2D eigenvalue weighted by Crippen LogP contribution is -2.33. The standard InChI is InChI=1S/C13H16N4O/c18-13-12-3-6-15-7-11(12)8-16-17(13)9-10-1-4-14-5-2-10/h3,6-8,10,14H,1-2,4-5,9H2. The van der Waals surface area contributed by atoms with Gasteiger partial charge >= 0.3 is 0 Å². The van der Waals surface area contributed by atoms with E-state index in [1.165, 1.54) is 0 Å². The number of fused-ring (bicyclic) bond motifs is 1. The van der Waals surface area contributed by atoms with Crippen molar-refractivity contribution in [2.24, 2.45) is 5.92 Å². The van der Waals surface area contributed by atoms with Crippen LogP contribution in [0.15, 0.2) is 29.5 Å². The van der Waals surface area contributed by atoms with Gasteiger partial charge in [-0.05, 0) is 37.9 Å². The highest BCUT2D eigenvalue weighted by Gasteiger charge is 2.15. The number of hydrogen-bond acceptors (Lipinski definition) is 4. The van der Waals surface area contributed by atoms with Crippen molar-refractivity contribution in [1.82, 2.24) is 20.1 Å². The Balaban J connectivity index is 1.92. The fourth-order valence-corrected chi connectivity index (χ4v) is 2.47. The third-order valence-corrected chi connectivity index (χ3v) is 3.54. The molecule has 1 aliphatic heterocycles. The molecule has 0 radical (unpaired) electrons.